The monoisotopic (exact) mass is 500 g/mol. The second kappa shape index (κ2) is 11.3. The van der Waals surface area contributed by atoms with E-state index in [2.05, 4.69) is 18.8 Å². The van der Waals surface area contributed by atoms with Gasteiger partial charge in [0.25, 0.3) is 15.9 Å². The fourth-order valence-electron chi connectivity index (χ4n) is 3.99. The molecule has 0 bridgehead atoms. The first-order valence-electron chi connectivity index (χ1n) is 11.4. The number of ether oxygens (including phenoxy) is 3. The molecule has 1 N–H and O–H groups in total. The molecule has 0 unspecified atom stereocenters. The summed E-state index contributed by atoms with van der Waals surface area (Å²) in [7, 11) is -1.17. The van der Waals surface area contributed by atoms with Gasteiger partial charge in [-0.05, 0) is 42.7 Å². The van der Waals surface area contributed by atoms with Gasteiger partial charge in [0, 0.05) is 11.6 Å². The van der Waals surface area contributed by atoms with Crippen molar-refractivity contribution in [3.63, 3.8) is 0 Å². The first kappa shape index (κ1) is 26.2. The summed E-state index contributed by atoms with van der Waals surface area (Å²) in [4.78, 5) is 12.8. The van der Waals surface area contributed by atoms with Crippen LogP contribution in [0.2, 0.25) is 0 Å². The van der Waals surface area contributed by atoms with Gasteiger partial charge >= 0.3 is 0 Å². The maximum atomic E-state index is 13.5. The van der Waals surface area contributed by atoms with E-state index in [1.807, 2.05) is 24.3 Å². The molecule has 3 rings (SSSR count). The zero-order valence-electron chi connectivity index (χ0n) is 20.6. The second-order valence-electron chi connectivity index (χ2n) is 8.00. The Morgan fingerprint density at radius 2 is 1.77 bits per heavy atom. The Morgan fingerprint density at radius 3 is 2.37 bits per heavy atom. The minimum Gasteiger partial charge on any atom is -0.493 e. The van der Waals surface area contributed by atoms with Crippen molar-refractivity contribution in [2.24, 2.45) is 0 Å². The molecule has 8 nitrogen and oxygen atoms in total. The number of carbonyl (C=O) groups excluding carboxylic acids is 1. The van der Waals surface area contributed by atoms with Crippen LogP contribution >= 0.6 is 0 Å². The Kier molecular flexibility index (Phi) is 8.45. The number of hydrogen-bond acceptors (Lipinski definition) is 6. The molecule has 2 aromatic carbocycles. The highest BCUT2D eigenvalue weighted by Gasteiger charge is 2.39. The molecule has 1 amide bonds. The molecule has 0 saturated heterocycles. The standard InChI is InChI=1S/C26H32N2O6S/c1-6-8-19-9-11-20(12-10-19)34-15-13-27-26(29)25-18(3)21-16-23(32-4)24(33-5)17-22(21)28(14-7-2)35(25,30)31/h7,9-12,16-17H,2,6,8,13-15H2,1,3-5H3,(H,27,29). The van der Waals surface area contributed by atoms with Crippen molar-refractivity contribution in [1.82, 2.24) is 5.32 Å². The van der Waals surface area contributed by atoms with Crippen LogP contribution in [0.3, 0.4) is 0 Å². The molecule has 0 aliphatic carbocycles. The molecule has 9 heteroatoms. The van der Waals surface area contributed by atoms with E-state index in [0.29, 0.717) is 34.1 Å². The average Bonchev–Trinajstić information content (AvgIpc) is 2.84. The Morgan fingerprint density at radius 1 is 1.11 bits per heavy atom. The SMILES string of the molecule is C=CCN1c2cc(OC)c(OC)cc2C(C)=C(C(=O)NCCOc2ccc(CCC)cc2)S1(=O)=O. The number of allylic oxidation sites excluding steroid dienone is 1. The van der Waals surface area contributed by atoms with E-state index in [1.165, 1.54) is 25.9 Å². The lowest BCUT2D eigenvalue weighted by Crippen LogP contribution is -2.42. The summed E-state index contributed by atoms with van der Waals surface area (Å²) in [5.74, 6) is 0.809. The van der Waals surface area contributed by atoms with E-state index in [0.717, 1.165) is 17.1 Å². The molecular weight excluding hydrogens is 468 g/mol. The van der Waals surface area contributed by atoms with E-state index in [4.69, 9.17) is 14.2 Å². The van der Waals surface area contributed by atoms with Gasteiger partial charge in [0.05, 0.1) is 33.0 Å². The zero-order valence-corrected chi connectivity index (χ0v) is 21.4. The Labute approximate surface area is 207 Å². The molecular formula is C26H32N2O6S. The second-order valence-corrected chi connectivity index (χ2v) is 9.80. The maximum Gasteiger partial charge on any atom is 0.270 e. The molecule has 0 aromatic heterocycles. The van der Waals surface area contributed by atoms with Crippen LogP contribution in [0, 0.1) is 0 Å². The van der Waals surface area contributed by atoms with Gasteiger partial charge in [-0.25, -0.2) is 8.42 Å². The summed E-state index contributed by atoms with van der Waals surface area (Å²) in [5.41, 5.74) is 2.52. The predicted octanol–water partition coefficient (Wildman–Crippen LogP) is 3.92. The third kappa shape index (κ3) is 5.45. The third-order valence-electron chi connectivity index (χ3n) is 5.68. The van der Waals surface area contributed by atoms with Crippen LogP contribution in [0.1, 0.15) is 31.4 Å². The van der Waals surface area contributed by atoms with Crippen molar-refractivity contribution < 1.29 is 27.4 Å². The van der Waals surface area contributed by atoms with E-state index in [1.54, 1.807) is 19.1 Å². The van der Waals surface area contributed by atoms with Crippen LogP contribution in [0.4, 0.5) is 5.69 Å². The molecule has 1 heterocycles. The first-order chi connectivity index (χ1) is 16.8. The Hall–Kier alpha value is -3.46. The first-order valence-corrected chi connectivity index (χ1v) is 12.8. The van der Waals surface area contributed by atoms with Crippen molar-refractivity contribution >= 4 is 27.2 Å². The molecule has 0 radical (unpaired) electrons. The number of benzene rings is 2. The van der Waals surface area contributed by atoms with Gasteiger partial charge in [-0.1, -0.05) is 31.6 Å². The summed E-state index contributed by atoms with van der Waals surface area (Å²) >= 11 is 0. The quantitative estimate of drug-likeness (QED) is 0.371. The van der Waals surface area contributed by atoms with Gasteiger partial charge in [0.15, 0.2) is 16.4 Å². The number of hydrogen-bond donors (Lipinski definition) is 1. The smallest absolute Gasteiger partial charge is 0.270 e. The number of rotatable bonds is 11. The fourth-order valence-corrected chi connectivity index (χ4v) is 5.72. The normalized spacial score (nSPS) is 14.2. The molecule has 0 fully saturated rings. The number of sulfonamides is 1. The zero-order chi connectivity index (χ0) is 25.6. The largest absolute Gasteiger partial charge is 0.493 e. The lowest BCUT2D eigenvalue weighted by Gasteiger charge is -2.32. The average molecular weight is 501 g/mol. The van der Waals surface area contributed by atoms with Crippen LogP contribution < -0.4 is 23.8 Å². The highest BCUT2D eigenvalue weighted by atomic mass is 32.2. The number of amides is 1. The third-order valence-corrected chi connectivity index (χ3v) is 7.62. The maximum absolute atomic E-state index is 13.5. The van der Waals surface area contributed by atoms with Gasteiger partial charge in [-0.15, -0.1) is 6.58 Å². The van der Waals surface area contributed by atoms with E-state index in [-0.39, 0.29) is 24.6 Å². The predicted molar refractivity (Wildman–Crippen MR) is 138 cm³/mol. The highest BCUT2D eigenvalue weighted by molar-refractivity contribution is 7.97. The van der Waals surface area contributed by atoms with E-state index < -0.39 is 15.9 Å². The minimum atomic E-state index is -4.14. The van der Waals surface area contributed by atoms with Gasteiger partial charge in [0.2, 0.25) is 0 Å². The number of aryl methyl sites for hydroxylation is 1. The lowest BCUT2D eigenvalue weighted by atomic mass is 10.0. The minimum absolute atomic E-state index is 0.00792. The van der Waals surface area contributed by atoms with Crippen molar-refractivity contribution in [3.8, 4) is 17.2 Å². The lowest BCUT2D eigenvalue weighted by molar-refractivity contribution is -0.116. The molecule has 35 heavy (non-hydrogen) atoms. The Balaban J connectivity index is 1.82. The summed E-state index contributed by atoms with van der Waals surface area (Å²) < 4.78 is 44.5. The molecule has 188 valence electrons. The number of nitrogens with one attached hydrogen (secondary N) is 1. The van der Waals surface area contributed by atoms with Crippen LogP contribution in [0.15, 0.2) is 54.0 Å². The number of anilines is 1. The summed E-state index contributed by atoms with van der Waals surface area (Å²) in [5, 5.41) is 2.68. The van der Waals surface area contributed by atoms with Gasteiger partial charge < -0.3 is 19.5 Å². The van der Waals surface area contributed by atoms with Gasteiger partial charge in [-0.3, -0.25) is 9.10 Å². The fraction of sp³-hybridized carbons (Fsp3) is 0.346. The Bertz CT molecular complexity index is 1220. The molecule has 0 saturated carbocycles. The molecule has 0 spiro atoms. The van der Waals surface area contributed by atoms with Gasteiger partial charge in [0.1, 0.15) is 12.4 Å². The van der Waals surface area contributed by atoms with Crippen molar-refractivity contribution in [3.05, 3.63) is 65.1 Å². The van der Waals surface area contributed by atoms with Crippen LogP contribution in [0.25, 0.3) is 5.57 Å². The van der Waals surface area contributed by atoms with Gasteiger partial charge in [-0.2, -0.15) is 0 Å². The van der Waals surface area contributed by atoms with Crippen LogP contribution in [0.5, 0.6) is 17.2 Å². The van der Waals surface area contributed by atoms with E-state index >= 15 is 0 Å². The van der Waals surface area contributed by atoms with Crippen LogP contribution in [-0.4, -0.2) is 48.2 Å². The summed E-state index contributed by atoms with van der Waals surface area (Å²) in [6, 6.07) is 11.1. The molecule has 2 aromatic rings. The van der Waals surface area contributed by atoms with Crippen LogP contribution in [-0.2, 0) is 21.2 Å². The molecule has 0 atom stereocenters. The number of nitrogens with zero attached hydrogens (tertiary/aromatic N) is 1. The molecule has 1 aliphatic heterocycles. The molecule has 1 aliphatic rings. The van der Waals surface area contributed by atoms with E-state index in [9.17, 15) is 13.2 Å². The van der Waals surface area contributed by atoms with Crippen molar-refractivity contribution in [2.45, 2.75) is 26.7 Å². The number of fused-ring (bicyclic) bond motifs is 1. The highest BCUT2D eigenvalue weighted by Crippen LogP contribution is 2.44. The number of carbonyl (C=O) groups is 1. The van der Waals surface area contributed by atoms with Crippen molar-refractivity contribution in [2.75, 3.05) is 38.2 Å². The topological polar surface area (TPSA) is 94.2 Å². The number of methoxy groups -OCH3 is 2. The summed E-state index contributed by atoms with van der Waals surface area (Å²) in [6.45, 7) is 7.73. The van der Waals surface area contributed by atoms with Crippen molar-refractivity contribution in [1.29, 1.82) is 0 Å². The summed E-state index contributed by atoms with van der Waals surface area (Å²) in [6.07, 6.45) is 3.54.